The lowest BCUT2D eigenvalue weighted by Crippen LogP contribution is -2.01. The smallest absolute Gasteiger partial charge is 0.231 e. The Hall–Kier alpha value is -2.37. The molecule has 0 unspecified atom stereocenters. The van der Waals surface area contributed by atoms with E-state index in [1.165, 1.54) is 0 Å². The van der Waals surface area contributed by atoms with Crippen LogP contribution in [0.4, 0.5) is 5.82 Å². The maximum absolute atomic E-state index is 5.39. The average Bonchev–Trinajstić information content (AvgIpc) is 3.03. The van der Waals surface area contributed by atoms with E-state index >= 15 is 0 Å². The zero-order valence-electron chi connectivity index (χ0n) is 10.8. The summed E-state index contributed by atoms with van der Waals surface area (Å²) in [5.41, 5.74) is 1.05. The first-order chi connectivity index (χ1) is 9.26. The second-order valence-electron chi connectivity index (χ2n) is 4.26. The van der Waals surface area contributed by atoms with Crippen molar-refractivity contribution in [1.29, 1.82) is 0 Å². The standard InChI is InChI=1S/C13H15N3O3/c1-16-4-3-12(15-16)14-7-9-5-10(17-2)13-11(6-9)18-8-19-13/h3-6H,7-8H2,1-2H3,(H,14,15). The highest BCUT2D eigenvalue weighted by Gasteiger charge is 2.19. The molecule has 1 aromatic carbocycles. The molecule has 0 atom stereocenters. The van der Waals surface area contributed by atoms with Gasteiger partial charge in [-0.15, -0.1) is 0 Å². The minimum atomic E-state index is 0.239. The highest BCUT2D eigenvalue weighted by Crippen LogP contribution is 2.41. The lowest BCUT2D eigenvalue weighted by Gasteiger charge is -2.08. The molecule has 1 N–H and O–H groups in total. The quantitative estimate of drug-likeness (QED) is 0.909. The van der Waals surface area contributed by atoms with Crippen LogP contribution in [0, 0.1) is 0 Å². The summed E-state index contributed by atoms with van der Waals surface area (Å²) < 4.78 is 17.8. The summed E-state index contributed by atoms with van der Waals surface area (Å²) in [6.45, 7) is 0.882. The summed E-state index contributed by atoms with van der Waals surface area (Å²) in [6.07, 6.45) is 1.89. The molecule has 6 nitrogen and oxygen atoms in total. The van der Waals surface area contributed by atoms with E-state index in [0.717, 1.165) is 17.1 Å². The molecule has 0 radical (unpaired) electrons. The van der Waals surface area contributed by atoms with Gasteiger partial charge in [0.05, 0.1) is 7.11 Å². The molecule has 100 valence electrons. The van der Waals surface area contributed by atoms with Gasteiger partial charge >= 0.3 is 0 Å². The molecule has 2 heterocycles. The molecule has 0 saturated carbocycles. The number of nitrogens with zero attached hydrogens (tertiary/aromatic N) is 2. The fourth-order valence-corrected chi connectivity index (χ4v) is 1.99. The minimum absolute atomic E-state index is 0.239. The van der Waals surface area contributed by atoms with Crippen molar-refractivity contribution < 1.29 is 14.2 Å². The topological polar surface area (TPSA) is 57.5 Å². The van der Waals surface area contributed by atoms with E-state index in [4.69, 9.17) is 14.2 Å². The van der Waals surface area contributed by atoms with Crippen molar-refractivity contribution in [3.05, 3.63) is 30.0 Å². The monoisotopic (exact) mass is 261 g/mol. The molecule has 6 heteroatoms. The van der Waals surface area contributed by atoms with Crippen molar-refractivity contribution in [2.24, 2.45) is 7.05 Å². The lowest BCUT2D eigenvalue weighted by atomic mass is 10.2. The molecule has 0 spiro atoms. The van der Waals surface area contributed by atoms with Gasteiger partial charge in [-0.3, -0.25) is 4.68 Å². The number of rotatable bonds is 4. The van der Waals surface area contributed by atoms with Crippen LogP contribution in [0.15, 0.2) is 24.4 Å². The molecule has 3 rings (SSSR count). The van der Waals surface area contributed by atoms with E-state index in [-0.39, 0.29) is 6.79 Å². The Balaban J connectivity index is 1.78. The minimum Gasteiger partial charge on any atom is -0.493 e. The van der Waals surface area contributed by atoms with Gasteiger partial charge in [0.2, 0.25) is 12.5 Å². The Morgan fingerprint density at radius 2 is 2.32 bits per heavy atom. The number of aromatic nitrogens is 2. The van der Waals surface area contributed by atoms with E-state index in [2.05, 4.69) is 10.4 Å². The van der Waals surface area contributed by atoms with Crippen LogP contribution in [0.25, 0.3) is 0 Å². The summed E-state index contributed by atoms with van der Waals surface area (Å²) in [4.78, 5) is 0. The predicted molar refractivity (Wildman–Crippen MR) is 69.7 cm³/mol. The first-order valence-electron chi connectivity index (χ1n) is 5.96. The van der Waals surface area contributed by atoms with Crippen LogP contribution in [0.5, 0.6) is 17.2 Å². The van der Waals surface area contributed by atoms with Crippen LogP contribution in [0.2, 0.25) is 0 Å². The largest absolute Gasteiger partial charge is 0.493 e. The number of methoxy groups -OCH3 is 1. The van der Waals surface area contributed by atoms with E-state index in [1.54, 1.807) is 11.8 Å². The number of nitrogens with one attached hydrogen (secondary N) is 1. The number of anilines is 1. The highest BCUT2D eigenvalue weighted by molar-refractivity contribution is 5.55. The fourth-order valence-electron chi connectivity index (χ4n) is 1.99. The van der Waals surface area contributed by atoms with E-state index < -0.39 is 0 Å². The van der Waals surface area contributed by atoms with Gasteiger partial charge in [-0.2, -0.15) is 5.10 Å². The summed E-state index contributed by atoms with van der Waals surface area (Å²) in [5.74, 6) is 2.91. The molecule has 1 aliphatic heterocycles. The van der Waals surface area contributed by atoms with Crippen molar-refractivity contribution in [3.63, 3.8) is 0 Å². The van der Waals surface area contributed by atoms with E-state index in [9.17, 15) is 0 Å². The Morgan fingerprint density at radius 1 is 1.42 bits per heavy atom. The van der Waals surface area contributed by atoms with Crippen molar-refractivity contribution in [2.45, 2.75) is 6.54 Å². The molecule has 2 aromatic rings. The molecule has 0 aliphatic carbocycles. The third-order valence-corrected chi connectivity index (χ3v) is 2.91. The molecule has 0 saturated heterocycles. The van der Waals surface area contributed by atoms with Crippen molar-refractivity contribution in [3.8, 4) is 17.2 Å². The van der Waals surface area contributed by atoms with Crippen molar-refractivity contribution in [2.75, 3.05) is 19.2 Å². The Bertz CT molecular complexity index is 595. The summed E-state index contributed by atoms with van der Waals surface area (Å²) >= 11 is 0. The van der Waals surface area contributed by atoms with Crippen LogP contribution in [0.3, 0.4) is 0 Å². The third kappa shape index (κ3) is 2.29. The van der Waals surface area contributed by atoms with Gasteiger partial charge in [-0.1, -0.05) is 0 Å². The SMILES string of the molecule is COc1cc(CNc2ccn(C)n2)cc2c1OCO2. The second-order valence-corrected chi connectivity index (χ2v) is 4.26. The number of fused-ring (bicyclic) bond motifs is 1. The highest BCUT2D eigenvalue weighted by atomic mass is 16.7. The molecule has 0 bridgehead atoms. The zero-order valence-corrected chi connectivity index (χ0v) is 10.8. The number of hydrogen-bond donors (Lipinski definition) is 1. The van der Waals surface area contributed by atoms with Gasteiger partial charge in [0.15, 0.2) is 11.5 Å². The second kappa shape index (κ2) is 4.72. The molecular weight excluding hydrogens is 246 g/mol. The molecule has 0 fully saturated rings. The number of aryl methyl sites for hydroxylation is 1. The summed E-state index contributed by atoms with van der Waals surface area (Å²) in [7, 11) is 3.50. The maximum Gasteiger partial charge on any atom is 0.231 e. The molecular formula is C13H15N3O3. The molecule has 0 amide bonds. The van der Waals surface area contributed by atoms with Gasteiger partial charge < -0.3 is 19.5 Å². The first-order valence-corrected chi connectivity index (χ1v) is 5.96. The van der Waals surface area contributed by atoms with Gasteiger partial charge in [-0.05, 0) is 17.7 Å². The van der Waals surface area contributed by atoms with Crippen molar-refractivity contribution in [1.82, 2.24) is 9.78 Å². The first kappa shape index (κ1) is 11.7. The predicted octanol–water partition coefficient (Wildman–Crippen LogP) is 1.77. The van der Waals surface area contributed by atoms with Gasteiger partial charge in [-0.25, -0.2) is 0 Å². The van der Waals surface area contributed by atoms with Crippen LogP contribution in [-0.4, -0.2) is 23.7 Å². The Kier molecular flexibility index (Phi) is 2.91. The molecule has 19 heavy (non-hydrogen) atoms. The molecule has 1 aromatic heterocycles. The van der Waals surface area contributed by atoms with Gasteiger partial charge in [0.25, 0.3) is 0 Å². The fraction of sp³-hybridized carbons (Fsp3) is 0.308. The normalized spacial score (nSPS) is 12.5. The van der Waals surface area contributed by atoms with Crippen LogP contribution in [-0.2, 0) is 13.6 Å². The van der Waals surface area contributed by atoms with Crippen LogP contribution >= 0.6 is 0 Å². The summed E-state index contributed by atoms with van der Waals surface area (Å²) in [6, 6.07) is 5.80. The van der Waals surface area contributed by atoms with Crippen LogP contribution < -0.4 is 19.5 Å². The average molecular weight is 261 g/mol. The zero-order chi connectivity index (χ0) is 13.2. The van der Waals surface area contributed by atoms with Crippen LogP contribution in [0.1, 0.15) is 5.56 Å². The molecule has 1 aliphatic rings. The number of benzene rings is 1. The van der Waals surface area contributed by atoms with E-state index in [1.807, 2.05) is 31.4 Å². The van der Waals surface area contributed by atoms with Gasteiger partial charge in [0, 0.05) is 25.9 Å². The maximum atomic E-state index is 5.39. The van der Waals surface area contributed by atoms with Crippen molar-refractivity contribution >= 4 is 5.82 Å². The Morgan fingerprint density at radius 3 is 3.05 bits per heavy atom. The summed E-state index contributed by atoms with van der Waals surface area (Å²) in [5, 5.41) is 7.50. The Labute approximate surface area is 110 Å². The van der Waals surface area contributed by atoms with Gasteiger partial charge in [0.1, 0.15) is 5.82 Å². The van der Waals surface area contributed by atoms with E-state index in [0.29, 0.717) is 18.0 Å². The number of ether oxygens (including phenoxy) is 3. The lowest BCUT2D eigenvalue weighted by molar-refractivity contribution is 0.171. The third-order valence-electron chi connectivity index (χ3n) is 2.91. The number of hydrogen-bond acceptors (Lipinski definition) is 5.